The summed E-state index contributed by atoms with van der Waals surface area (Å²) in [6, 6.07) is 0. The molecule has 15 heavy (non-hydrogen) atoms. The van der Waals surface area contributed by atoms with Gasteiger partial charge in [0.15, 0.2) is 0 Å². The number of halogens is 1. The van der Waals surface area contributed by atoms with Gasteiger partial charge in [-0.1, -0.05) is 35.7 Å². The molecule has 1 fully saturated rings. The fourth-order valence-electron chi connectivity index (χ4n) is 2.09. The first-order valence-electron chi connectivity index (χ1n) is 6.04. The van der Waals surface area contributed by atoms with E-state index in [4.69, 9.17) is 9.47 Å². The smallest absolute Gasteiger partial charge is 0.0700 e. The van der Waals surface area contributed by atoms with E-state index < -0.39 is 0 Å². The van der Waals surface area contributed by atoms with Crippen molar-refractivity contribution < 1.29 is 9.47 Å². The second-order valence-electron chi connectivity index (χ2n) is 4.51. The van der Waals surface area contributed by atoms with E-state index in [-0.39, 0.29) is 0 Å². The minimum absolute atomic E-state index is 0.421. The van der Waals surface area contributed by atoms with Gasteiger partial charge in [0, 0.05) is 17.4 Å². The van der Waals surface area contributed by atoms with Gasteiger partial charge in [0.2, 0.25) is 0 Å². The van der Waals surface area contributed by atoms with Gasteiger partial charge in [-0.25, -0.2) is 0 Å². The van der Waals surface area contributed by atoms with Crippen molar-refractivity contribution in [1.29, 1.82) is 0 Å². The van der Waals surface area contributed by atoms with Gasteiger partial charge in [-0.2, -0.15) is 0 Å². The van der Waals surface area contributed by atoms with Gasteiger partial charge in [-0.15, -0.1) is 0 Å². The van der Waals surface area contributed by atoms with Gasteiger partial charge in [0.25, 0.3) is 0 Å². The van der Waals surface area contributed by atoms with Crippen LogP contribution in [0.1, 0.15) is 39.0 Å². The van der Waals surface area contributed by atoms with Crippen molar-refractivity contribution in [2.24, 2.45) is 5.41 Å². The molecule has 0 amide bonds. The highest BCUT2D eigenvalue weighted by atomic mass is 79.9. The summed E-state index contributed by atoms with van der Waals surface area (Å²) in [4.78, 5) is 0. The molecule has 0 radical (unpaired) electrons. The molecule has 2 nitrogen and oxygen atoms in total. The van der Waals surface area contributed by atoms with Gasteiger partial charge < -0.3 is 9.47 Å². The quantitative estimate of drug-likeness (QED) is 0.501. The van der Waals surface area contributed by atoms with Crippen molar-refractivity contribution >= 4 is 15.9 Å². The molecule has 1 aliphatic carbocycles. The molecule has 0 atom stereocenters. The maximum atomic E-state index is 5.70. The largest absolute Gasteiger partial charge is 0.379 e. The zero-order valence-corrected chi connectivity index (χ0v) is 11.4. The van der Waals surface area contributed by atoms with Crippen LogP contribution >= 0.6 is 15.9 Å². The van der Waals surface area contributed by atoms with Crippen LogP contribution in [0.25, 0.3) is 0 Å². The number of rotatable bonds is 8. The summed E-state index contributed by atoms with van der Waals surface area (Å²) >= 11 is 3.62. The normalized spacial score (nSPS) is 19.6. The molecule has 0 spiro atoms. The number of ether oxygens (including phenoxy) is 2. The standard InChI is InChI=1S/C12H23BrO2/c1-2-7-14-8-9-15-11-12(10-13)5-3-4-6-12/h2-11H2,1H3. The van der Waals surface area contributed by atoms with Gasteiger partial charge in [0.05, 0.1) is 19.8 Å². The summed E-state index contributed by atoms with van der Waals surface area (Å²) in [5, 5.41) is 1.08. The Bertz CT molecular complexity index is 156. The van der Waals surface area contributed by atoms with Crippen molar-refractivity contribution in [2.45, 2.75) is 39.0 Å². The molecular formula is C12H23BrO2. The minimum Gasteiger partial charge on any atom is -0.379 e. The highest BCUT2D eigenvalue weighted by molar-refractivity contribution is 9.09. The van der Waals surface area contributed by atoms with E-state index in [2.05, 4.69) is 22.9 Å². The Morgan fingerprint density at radius 3 is 2.33 bits per heavy atom. The average molecular weight is 279 g/mol. The molecule has 0 aromatic heterocycles. The molecule has 0 heterocycles. The Balaban J connectivity index is 2.02. The Morgan fingerprint density at radius 1 is 1.07 bits per heavy atom. The zero-order chi connectivity index (χ0) is 11.0. The molecule has 1 rings (SSSR count). The number of alkyl halides is 1. The maximum Gasteiger partial charge on any atom is 0.0700 e. The lowest BCUT2D eigenvalue weighted by molar-refractivity contribution is 0.0135. The predicted octanol–water partition coefficient (Wildman–Crippen LogP) is 3.38. The lowest BCUT2D eigenvalue weighted by Gasteiger charge is -2.26. The Labute approximate surface area is 102 Å². The van der Waals surface area contributed by atoms with Crippen molar-refractivity contribution in [3.05, 3.63) is 0 Å². The first-order chi connectivity index (χ1) is 7.33. The fourth-order valence-corrected chi connectivity index (χ4v) is 2.82. The first kappa shape index (κ1) is 13.5. The second-order valence-corrected chi connectivity index (χ2v) is 5.07. The van der Waals surface area contributed by atoms with Crippen LogP contribution < -0.4 is 0 Å². The average Bonchev–Trinajstić information content (AvgIpc) is 2.73. The molecule has 0 unspecified atom stereocenters. The highest BCUT2D eigenvalue weighted by Crippen LogP contribution is 2.39. The number of hydrogen-bond donors (Lipinski definition) is 0. The van der Waals surface area contributed by atoms with E-state index in [0.717, 1.165) is 38.2 Å². The van der Waals surface area contributed by atoms with Gasteiger partial charge in [0.1, 0.15) is 0 Å². The van der Waals surface area contributed by atoms with Gasteiger partial charge >= 0.3 is 0 Å². The summed E-state index contributed by atoms with van der Waals surface area (Å²) in [5.41, 5.74) is 0.421. The van der Waals surface area contributed by atoms with Crippen LogP contribution in [0, 0.1) is 5.41 Å². The topological polar surface area (TPSA) is 18.5 Å². The molecule has 0 aromatic carbocycles. The van der Waals surface area contributed by atoms with Gasteiger partial charge in [-0.05, 0) is 19.3 Å². The maximum absolute atomic E-state index is 5.70. The summed E-state index contributed by atoms with van der Waals surface area (Å²) in [5.74, 6) is 0. The van der Waals surface area contributed by atoms with E-state index in [0.29, 0.717) is 5.41 Å². The Morgan fingerprint density at radius 2 is 1.73 bits per heavy atom. The van der Waals surface area contributed by atoms with Crippen molar-refractivity contribution in [2.75, 3.05) is 31.8 Å². The third-order valence-electron chi connectivity index (χ3n) is 3.08. The Hall–Kier alpha value is 0.400. The summed E-state index contributed by atoms with van der Waals surface area (Å²) in [6.45, 7) is 5.36. The lowest BCUT2D eigenvalue weighted by Crippen LogP contribution is -2.26. The van der Waals surface area contributed by atoms with Crippen LogP contribution in [0.2, 0.25) is 0 Å². The van der Waals surface area contributed by atoms with Crippen molar-refractivity contribution in [1.82, 2.24) is 0 Å². The van der Waals surface area contributed by atoms with Crippen LogP contribution in [0.4, 0.5) is 0 Å². The zero-order valence-electron chi connectivity index (χ0n) is 9.77. The lowest BCUT2D eigenvalue weighted by atomic mass is 9.90. The van der Waals surface area contributed by atoms with Crippen LogP contribution in [-0.4, -0.2) is 31.8 Å². The summed E-state index contributed by atoms with van der Waals surface area (Å²) in [6.07, 6.45) is 6.44. The van der Waals surface area contributed by atoms with E-state index in [1.165, 1.54) is 25.7 Å². The van der Waals surface area contributed by atoms with Crippen LogP contribution in [0.5, 0.6) is 0 Å². The van der Waals surface area contributed by atoms with Crippen molar-refractivity contribution in [3.63, 3.8) is 0 Å². The highest BCUT2D eigenvalue weighted by Gasteiger charge is 2.32. The van der Waals surface area contributed by atoms with E-state index in [9.17, 15) is 0 Å². The number of hydrogen-bond acceptors (Lipinski definition) is 2. The van der Waals surface area contributed by atoms with Crippen molar-refractivity contribution in [3.8, 4) is 0 Å². The molecule has 1 aliphatic rings. The Kier molecular flexibility index (Phi) is 6.86. The van der Waals surface area contributed by atoms with Crippen LogP contribution in [-0.2, 0) is 9.47 Å². The SMILES string of the molecule is CCCOCCOCC1(CBr)CCCC1. The molecule has 0 aromatic rings. The third kappa shape index (κ3) is 4.83. The molecule has 0 aliphatic heterocycles. The molecule has 0 bridgehead atoms. The second kappa shape index (κ2) is 7.64. The monoisotopic (exact) mass is 278 g/mol. The first-order valence-corrected chi connectivity index (χ1v) is 7.16. The van der Waals surface area contributed by atoms with E-state index >= 15 is 0 Å². The van der Waals surface area contributed by atoms with E-state index in [1.807, 2.05) is 0 Å². The molecule has 3 heteroatoms. The third-order valence-corrected chi connectivity index (χ3v) is 4.27. The molecule has 0 N–H and O–H groups in total. The summed E-state index contributed by atoms with van der Waals surface area (Å²) < 4.78 is 11.1. The fraction of sp³-hybridized carbons (Fsp3) is 1.00. The predicted molar refractivity (Wildman–Crippen MR) is 66.6 cm³/mol. The summed E-state index contributed by atoms with van der Waals surface area (Å²) in [7, 11) is 0. The molecular weight excluding hydrogens is 256 g/mol. The molecule has 90 valence electrons. The van der Waals surface area contributed by atoms with Gasteiger partial charge in [-0.3, -0.25) is 0 Å². The van der Waals surface area contributed by atoms with Crippen LogP contribution in [0.3, 0.4) is 0 Å². The molecule has 0 saturated heterocycles. The van der Waals surface area contributed by atoms with Crippen LogP contribution in [0.15, 0.2) is 0 Å². The molecule has 1 saturated carbocycles. The minimum atomic E-state index is 0.421. The van der Waals surface area contributed by atoms with E-state index in [1.54, 1.807) is 0 Å².